The molecule has 0 N–H and O–H groups in total. The molecule has 5 aromatic rings. The Morgan fingerprint density at radius 1 is 1.04 bits per heavy atom. The van der Waals surface area contributed by atoms with Crippen molar-refractivity contribution in [3.63, 3.8) is 0 Å². The highest BCUT2D eigenvalue weighted by molar-refractivity contribution is 7.07. The smallest absolute Gasteiger partial charge is 0.271 e. The Balaban J connectivity index is 1.54. The van der Waals surface area contributed by atoms with Crippen LogP contribution in [0.3, 0.4) is 0 Å². The molecule has 3 aromatic carbocycles. The van der Waals surface area contributed by atoms with Gasteiger partial charge >= 0.3 is 0 Å². The Kier molecular flexibility index (Phi) is 8.65. The van der Waals surface area contributed by atoms with Crippen molar-refractivity contribution in [2.24, 2.45) is 4.99 Å². The lowest BCUT2D eigenvalue weighted by Crippen LogP contribution is -2.43. The maximum Gasteiger partial charge on any atom is 0.271 e. The highest BCUT2D eigenvalue weighted by atomic mass is 32.1. The zero-order valence-corrected chi connectivity index (χ0v) is 27.7. The fourth-order valence-electron chi connectivity index (χ4n) is 6.34. The second kappa shape index (κ2) is 12.8. The average molecular weight is 650 g/mol. The first-order valence-electron chi connectivity index (χ1n) is 15.4. The average Bonchev–Trinajstić information content (AvgIpc) is 3.52. The summed E-state index contributed by atoms with van der Waals surface area (Å²) in [4.78, 5) is 46.3. The van der Waals surface area contributed by atoms with Crippen molar-refractivity contribution >= 4 is 39.9 Å². The number of para-hydroxylation sites is 2. The van der Waals surface area contributed by atoms with Gasteiger partial charge < -0.3 is 14.2 Å². The van der Waals surface area contributed by atoms with Gasteiger partial charge in [-0.25, -0.2) is 4.99 Å². The molecular weight excluding hydrogens is 614 g/mol. The number of ether oxygens (including phenoxy) is 1. The summed E-state index contributed by atoms with van der Waals surface area (Å²) in [6.45, 7) is 9.26. The number of allylic oxidation sites excluding steroid dienone is 1. The van der Waals surface area contributed by atoms with Gasteiger partial charge in [-0.15, -0.1) is 0 Å². The number of methoxy groups -OCH3 is 1. The van der Waals surface area contributed by atoms with Crippen molar-refractivity contribution < 1.29 is 14.5 Å². The number of likely N-dealkylation sites (N-methyl/N-ethyl adjacent to an activating group) is 1. The van der Waals surface area contributed by atoms with Crippen molar-refractivity contribution in [2.75, 3.05) is 20.2 Å². The zero-order chi connectivity index (χ0) is 33.4. The molecule has 6 rings (SSSR count). The first-order valence-corrected chi connectivity index (χ1v) is 16.3. The summed E-state index contributed by atoms with van der Waals surface area (Å²) in [7, 11) is 1.58. The molecular formula is C36H35N5O5S. The molecule has 3 heterocycles. The summed E-state index contributed by atoms with van der Waals surface area (Å²) in [5.41, 5.74) is 5.29. The van der Waals surface area contributed by atoms with E-state index < -0.39 is 11.0 Å². The molecule has 0 spiro atoms. The number of rotatable bonds is 9. The first-order chi connectivity index (χ1) is 22.7. The van der Waals surface area contributed by atoms with Crippen LogP contribution in [0.25, 0.3) is 17.0 Å². The van der Waals surface area contributed by atoms with Gasteiger partial charge in [0.1, 0.15) is 11.8 Å². The fourth-order valence-corrected chi connectivity index (χ4v) is 7.37. The number of carbonyl (C=O) groups is 1. The molecule has 1 aliphatic rings. The van der Waals surface area contributed by atoms with Crippen LogP contribution in [-0.4, -0.2) is 45.1 Å². The van der Waals surface area contributed by atoms with Crippen LogP contribution >= 0.6 is 11.3 Å². The molecule has 1 amide bonds. The highest BCUT2D eigenvalue weighted by Gasteiger charge is 2.35. The molecule has 0 aliphatic carbocycles. The van der Waals surface area contributed by atoms with Crippen molar-refractivity contribution in [3.05, 3.63) is 136 Å². The second-order valence-electron chi connectivity index (χ2n) is 11.3. The summed E-state index contributed by atoms with van der Waals surface area (Å²) >= 11 is 1.30. The number of thiazole rings is 1. The molecule has 0 saturated heterocycles. The number of carbonyl (C=O) groups excluding carboxylic acids is 1. The monoisotopic (exact) mass is 649 g/mol. The Labute approximate surface area is 275 Å². The Bertz CT molecular complexity index is 2240. The van der Waals surface area contributed by atoms with Crippen LogP contribution in [0.5, 0.6) is 5.75 Å². The minimum absolute atomic E-state index is 0.0440. The molecule has 0 radical (unpaired) electrons. The first kappa shape index (κ1) is 31.7. The molecule has 1 atom stereocenters. The molecule has 10 nitrogen and oxygen atoms in total. The van der Waals surface area contributed by atoms with Gasteiger partial charge in [-0.3, -0.25) is 24.3 Å². The van der Waals surface area contributed by atoms with E-state index >= 15 is 0 Å². The third kappa shape index (κ3) is 5.56. The van der Waals surface area contributed by atoms with Gasteiger partial charge in [-0.2, -0.15) is 0 Å². The third-order valence-electron chi connectivity index (χ3n) is 8.78. The van der Waals surface area contributed by atoms with Gasteiger partial charge in [0.25, 0.3) is 17.2 Å². The number of fused-ring (bicyclic) bond motifs is 2. The molecule has 240 valence electrons. The van der Waals surface area contributed by atoms with E-state index in [-0.39, 0.29) is 17.2 Å². The Morgan fingerprint density at radius 3 is 2.40 bits per heavy atom. The zero-order valence-electron chi connectivity index (χ0n) is 26.9. The van der Waals surface area contributed by atoms with E-state index in [4.69, 9.17) is 9.73 Å². The van der Waals surface area contributed by atoms with Gasteiger partial charge in [-0.05, 0) is 51.5 Å². The summed E-state index contributed by atoms with van der Waals surface area (Å²) in [6, 6.07) is 21.3. The summed E-state index contributed by atoms with van der Waals surface area (Å²) < 4.78 is 10.0. The number of amides is 1. The van der Waals surface area contributed by atoms with E-state index in [2.05, 4.69) is 4.57 Å². The predicted molar refractivity (Wildman–Crippen MR) is 184 cm³/mol. The topological polar surface area (TPSA) is 112 Å². The second-order valence-corrected chi connectivity index (χ2v) is 12.3. The quantitative estimate of drug-likeness (QED) is 0.158. The normalized spacial score (nSPS) is 14.7. The van der Waals surface area contributed by atoms with Crippen molar-refractivity contribution in [1.29, 1.82) is 0 Å². The molecule has 11 heteroatoms. The van der Waals surface area contributed by atoms with Crippen LogP contribution in [0, 0.1) is 17.0 Å². The van der Waals surface area contributed by atoms with E-state index in [0.717, 1.165) is 27.7 Å². The van der Waals surface area contributed by atoms with Crippen molar-refractivity contribution in [3.8, 4) is 5.75 Å². The van der Waals surface area contributed by atoms with Crippen LogP contribution in [0.15, 0.2) is 93.9 Å². The minimum Gasteiger partial charge on any atom is -0.496 e. The van der Waals surface area contributed by atoms with Crippen LogP contribution in [0.2, 0.25) is 0 Å². The maximum atomic E-state index is 14.4. The van der Waals surface area contributed by atoms with Crippen molar-refractivity contribution in [1.82, 2.24) is 14.0 Å². The standard InChI is InChI=1S/C36H35N5O5S/c1-6-38(7-2)35(43)32-22(3)37-36-40(33(32)27-13-9-11-15-30(27)46-5)34(42)31(47-36)20-28-23(4)39(29-14-10-8-12-26(28)29)21-24-16-18-25(19-17-24)41(44)45/h8-20,33H,6-7,21H2,1-5H3/b31-20+/t33-/m0/s1. The number of aromatic nitrogens is 2. The van der Waals surface area contributed by atoms with Gasteiger partial charge in [0.05, 0.1) is 27.8 Å². The lowest BCUT2D eigenvalue weighted by atomic mass is 9.94. The fraction of sp³-hybridized carbons (Fsp3) is 0.250. The Morgan fingerprint density at radius 2 is 1.72 bits per heavy atom. The molecule has 1 aliphatic heterocycles. The number of non-ortho nitro benzene ring substituents is 1. The molecule has 0 bridgehead atoms. The number of nitro groups is 1. The Hall–Kier alpha value is -5.29. The van der Waals surface area contributed by atoms with Gasteiger partial charge in [0, 0.05) is 59.5 Å². The molecule has 2 aromatic heterocycles. The molecule has 0 fully saturated rings. The predicted octanol–water partition coefficient (Wildman–Crippen LogP) is 5.33. The number of hydrogen-bond donors (Lipinski definition) is 0. The summed E-state index contributed by atoms with van der Waals surface area (Å²) in [5, 5.41) is 12.2. The molecule has 0 unspecified atom stereocenters. The van der Waals surface area contributed by atoms with E-state index in [9.17, 15) is 19.7 Å². The van der Waals surface area contributed by atoms with Gasteiger partial charge in [0.15, 0.2) is 4.80 Å². The number of benzene rings is 3. The number of nitro benzene ring substituents is 1. The SMILES string of the molecule is CCN(CC)C(=O)C1=C(C)N=c2s/c(=C/c3c(C)n(Cc4ccc([N+](=O)[O-])cc4)c4ccccc34)c(=O)n2[C@H]1c1ccccc1OC. The molecule has 47 heavy (non-hydrogen) atoms. The van der Waals surface area contributed by atoms with Gasteiger partial charge in [-0.1, -0.05) is 59.9 Å². The minimum atomic E-state index is -0.720. The van der Waals surface area contributed by atoms with E-state index in [1.807, 2.05) is 82.3 Å². The third-order valence-corrected chi connectivity index (χ3v) is 9.76. The summed E-state index contributed by atoms with van der Waals surface area (Å²) in [6.07, 6.45) is 1.92. The number of nitrogens with zero attached hydrogens (tertiary/aromatic N) is 5. The lowest BCUT2D eigenvalue weighted by molar-refractivity contribution is -0.384. The highest BCUT2D eigenvalue weighted by Crippen LogP contribution is 2.36. The lowest BCUT2D eigenvalue weighted by Gasteiger charge is -2.29. The summed E-state index contributed by atoms with van der Waals surface area (Å²) in [5.74, 6) is 0.420. The van der Waals surface area contributed by atoms with Gasteiger partial charge in [0.2, 0.25) is 0 Å². The number of hydrogen-bond acceptors (Lipinski definition) is 7. The van der Waals surface area contributed by atoms with Crippen LogP contribution in [0.1, 0.15) is 49.2 Å². The van der Waals surface area contributed by atoms with Crippen LogP contribution < -0.4 is 19.6 Å². The van der Waals surface area contributed by atoms with E-state index in [1.165, 1.54) is 23.5 Å². The maximum absolute atomic E-state index is 14.4. The van der Waals surface area contributed by atoms with Crippen LogP contribution in [0.4, 0.5) is 5.69 Å². The molecule has 0 saturated carbocycles. The largest absolute Gasteiger partial charge is 0.496 e. The van der Waals surface area contributed by atoms with Crippen LogP contribution in [-0.2, 0) is 11.3 Å². The van der Waals surface area contributed by atoms with E-state index in [1.54, 1.807) is 28.7 Å². The van der Waals surface area contributed by atoms with Crippen molar-refractivity contribution in [2.45, 2.75) is 40.3 Å². The van der Waals surface area contributed by atoms with E-state index in [0.29, 0.717) is 51.6 Å².